The molecule has 0 unspecified atom stereocenters. The molecular weight excluding hydrogens is 258 g/mol. The molecule has 20 heavy (non-hydrogen) atoms. The lowest BCUT2D eigenvalue weighted by Gasteiger charge is -2.09. The largest absolute Gasteiger partial charge is 0.478 e. The Morgan fingerprint density at radius 1 is 1.40 bits per heavy atom. The first kappa shape index (κ1) is 14.0. The van der Waals surface area contributed by atoms with E-state index in [1.807, 2.05) is 6.92 Å². The Balaban J connectivity index is 2.67. The topological polar surface area (TPSA) is 84.2 Å². The molecule has 2 aromatic rings. The number of aromatic nitrogens is 2. The van der Waals surface area contributed by atoms with E-state index in [2.05, 4.69) is 10.3 Å². The van der Waals surface area contributed by atoms with Crippen molar-refractivity contribution in [1.82, 2.24) is 14.9 Å². The van der Waals surface area contributed by atoms with Gasteiger partial charge in [-0.3, -0.25) is 4.79 Å². The molecule has 106 valence electrons. The molecule has 0 fully saturated rings. The summed E-state index contributed by atoms with van der Waals surface area (Å²) in [5.74, 6) is -0.460. The summed E-state index contributed by atoms with van der Waals surface area (Å²) < 4.78 is 1.70. The molecule has 1 amide bonds. The highest BCUT2D eigenvalue weighted by molar-refractivity contribution is 6.01. The molecule has 1 aromatic heterocycles. The zero-order valence-electron chi connectivity index (χ0n) is 11.5. The lowest BCUT2D eigenvalue weighted by atomic mass is 10.2. The minimum atomic E-state index is -1.02. The smallest absolute Gasteiger partial charge is 0.337 e. The second-order valence-electron chi connectivity index (χ2n) is 4.52. The summed E-state index contributed by atoms with van der Waals surface area (Å²) in [5, 5.41) is 11.8. The molecule has 2 N–H and O–H groups in total. The van der Waals surface area contributed by atoms with E-state index in [1.165, 1.54) is 6.07 Å². The van der Waals surface area contributed by atoms with Gasteiger partial charge in [-0.1, -0.05) is 13.0 Å². The van der Waals surface area contributed by atoms with Crippen LogP contribution < -0.4 is 5.32 Å². The summed E-state index contributed by atoms with van der Waals surface area (Å²) in [4.78, 5) is 27.5. The van der Waals surface area contributed by atoms with Crippen molar-refractivity contribution in [2.75, 3.05) is 7.05 Å². The third-order valence-electron chi connectivity index (χ3n) is 3.13. The normalized spacial score (nSPS) is 10.7. The standard InChI is InChI=1S/C14H17N3O3/c1-3-5-11-16-10-7-4-6-9(14(19)20)13(10)17(11)8-12(18)15-2/h4,6-7H,3,5,8H2,1-2H3,(H,15,18)(H,19,20). The van der Waals surface area contributed by atoms with Gasteiger partial charge in [0, 0.05) is 13.5 Å². The maximum Gasteiger partial charge on any atom is 0.337 e. The number of carboxylic acid groups (broad SMARTS) is 1. The number of benzene rings is 1. The van der Waals surface area contributed by atoms with Crippen LogP contribution in [0.4, 0.5) is 0 Å². The number of para-hydroxylation sites is 1. The lowest BCUT2D eigenvalue weighted by Crippen LogP contribution is -2.24. The van der Waals surface area contributed by atoms with E-state index in [0.717, 1.165) is 12.2 Å². The zero-order valence-corrected chi connectivity index (χ0v) is 11.5. The van der Waals surface area contributed by atoms with Crippen molar-refractivity contribution < 1.29 is 14.7 Å². The summed E-state index contributed by atoms with van der Waals surface area (Å²) in [5.41, 5.74) is 1.28. The van der Waals surface area contributed by atoms with Crippen LogP contribution in [0.1, 0.15) is 29.5 Å². The fourth-order valence-corrected chi connectivity index (χ4v) is 2.21. The van der Waals surface area contributed by atoms with Crippen molar-refractivity contribution in [3.8, 4) is 0 Å². The Bertz CT molecular complexity index is 661. The van der Waals surface area contributed by atoms with Gasteiger partial charge in [0.15, 0.2) is 0 Å². The van der Waals surface area contributed by atoms with Crippen LogP contribution in [0.2, 0.25) is 0 Å². The molecule has 0 radical (unpaired) electrons. The molecule has 0 aliphatic carbocycles. The Morgan fingerprint density at radius 3 is 2.75 bits per heavy atom. The molecule has 1 aromatic carbocycles. The third-order valence-corrected chi connectivity index (χ3v) is 3.13. The number of rotatable bonds is 5. The lowest BCUT2D eigenvalue weighted by molar-refractivity contribution is -0.121. The number of carbonyl (C=O) groups is 2. The fourth-order valence-electron chi connectivity index (χ4n) is 2.21. The van der Waals surface area contributed by atoms with Crippen molar-refractivity contribution in [2.45, 2.75) is 26.3 Å². The number of carbonyl (C=O) groups excluding carboxylic acids is 1. The number of aryl methyl sites for hydroxylation is 1. The van der Waals surface area contributed by atoms with Crippen molar-refractivity contribution in [2.24, 2.45) is 0 Å². The van der Waals surface area contributed by atoms with Crippen LogP contribution in [0.5, 0.6) is 0 Å². The van der Waals surface area contributed by atoms with Crippen LogP contribution in [-0.2, 0) is 17.8 Å². The van der Waals surface area contributed by atoms with Crippen molar-refractivity contribution in [1.29, 1.82) is 0 Å². The van der Waals surface area contributed by atoms with Gasteiger partial charge in [0.05, 0.1) is 16.6 Å². The van der Waals surface area contributed by atoms with E-state index in [1.54, 1.807) is 23.7 Å². The number of likely N-dealkylation sites (N-methyl/N-ethyl adjacent to an activating group) is 1. The molecule has 0 atom stereocenters. The number of amides is 1. The fraction of sp³-hybridized carbons (Fsp3) is 0.357. The first-order chi connectivity index (χ1) is 9.58. The monoisotopic (exact) mass is 275 g/mol. The number of carboxylic acids is 1. The number of hydrogen-bond acceptors (Lipinski definition) is 3. The highest BCUT2D eigenvalue weighted by atomic mass is 16.4. The average Bonchev–Trinajstić information content (AvgIpc) is 2.76. The first-order valence-corrected chi connectivity index (χ1v) is 6.50. The minimum Gasteiger partial charge on any atom is -0.478 e. The average molecular weight is 275 g/mol. The quantitative estimate of drug-likeness (QED) is 0.864. The molecule has 0 saturated heterocycles. The number of imidazole rings is 1. The third kappa shape index (κ3) is 2.49. The SMILES string of the molecule is CCCc1nc2cccc(C(=O)O)c2n1CC(=O)NC. The van der Waals surface area contributed by atoms with Gasteiger partial charge in [0.25, 0.3) is 0 Å². The zero-order chi connectivity index (χ0) is 14.7. The van der Waals surface area contributed by atoms with Gasteiger partial charge >= 0.3 is 5.97 Å². The Morgan fingerprint density at radius 2 is 2.15 bits per heavy atom. The van der Waals surface area contributed by atoms with Gasteiger partial charge in [-0.05, 0) is 18.6 Å². The van der Waals surface area contributed by atoms with Crippen LogP contribution in [0.15, 0.2) is 18.2 Å². The molecule has 1 heterocycles. The molecule has 2 rings (SSSR count). The van der Waals surface area contributed by atoms with E-state index in [9.17, 15) is 14.7 Å². The maximum atomic E-state index is 11.7. The summed E-state index contributed by atoms with van der Waals surface area (Å²) in [7, 11) is 1.55. The van der Waals surface area contributed by atoms with E-state index < -0.39 is 5.97 Å². The van der Waals surface area contributed by atoms with Gasteiger partial charge in [-0.25, -0.2) is 9.78 Å². The maximum absolute atomic E-state index is 11.7. The second-order valence-corrected chi connectivity index (χ2v) is 4.52. The second kappa shape index (κ2) is 5.73. The van der Waals surface area contributed by atoms with Gasteiger partial charge in [0.1, 0.15) is 12.4 Å². The predicted octanol–water partition coefficient (Wildman–Crippen LogP) is 1.43. The number of nitrogens with zero attached hydrogens (tertiary/aromatic N) is 2. The molecular formula is C14H17N3O3. The van der Waals surface area contributed by atoms with Gasteiger partial charge < -0.3 is 15.0 Å². The van der Waals surface area contributed by atoms with Crippen molar-refractivity contribution in [3.63, 3.8) is 0 Å². The summed E-state index contributed by atoms with van der Waals surface area (Å²) >= 11 is 0. The first-order valence-electron chi connectivity index (χ1n) is 6.50. The highest BCUT2D eigenvalue weighted by Crippen LogP contribution is 2.21. The summed E-state index contributed by atoms with van der Waals surface area (Å²) in [6, 6.07) is 4.96. The molecule has 0 aliphatic rings. The molecule has 0 bridgehead atoms. The Labute approximate surface area is 116 Å². The summed E-state index contributed by atoms with van der Waals surface area (Å²) in [6.45, 7) is 2.09. The van der Waals surface area contributed by atoms with E-state index in [0.29, 0.717) is 17.5 Å². The van der Waals surface area contributed by atoms with Crippen molar-refractivity contribution >= 4 is 22.9 Å². The molecule has 0 spiro atoms. The highest BCUT2D eigenvalue weighted by Gasteiger charge is 2.18. The van der Waals surface area contributed by atoms with Crippen LogP contribution in [0.25, 0.3) is 11.0 Å². The minimum absolute atomic E-state index is 0.0760. The van der Waals surface area contributed by atoms with Crippen molar-refractivity contribution in [3.05, 3.63) is 29.6 Å². The van der Waals surface area contributed by atoms with Gasteiger partial charge in [0.2, 0.25) is 5.91 Å². The Kier molecular flexibility index (Phi) is 4.02. The van der Waals surface area contributed by atoms with Crippen LogP contribution in [0.3, 0.4) is 0 Å². The van der Waals surface area contributed by atoms with Gasteiger partial charge in [-0.15, -0.1) is 0 Å². The van der Waals surface area contributed by atoms with E-state index in [-0.39, 0.29) is 18.0 Å². The number of hydrogen-bond donors (Lipinski definition) is 2. The molecule has 0 aliphatic heterocycles. The van der Waals surface area contributed by atoms with Crippen LogP contribution in [0, 0.1) is 0 Å². The summed E-state index contributed by atoms with van der Waals surface area (Å²) in [6.07, 6.45) is 1.57. The molecule has 6 nitrogen and oxygen atoms in total. The van der Waals surface area contributed by atoms with E-state index in [4.69, 9.17) is 0 Å². The van der Waals surface area contributed by atoms with Gasteiger partial charge in [-0.2, -0.15) is 0 Å². The predicted molar refractivity (Wildman–Crippen MR) is 74.8 cm³/mol. The number of fused-ring (bicyclic) bond motifs is 1. The van der Waals surface area contributed by atoms with Crippen LogP contribution in [-0.4, -0.2) is 33.6 Å². The number of aromatic carboxylic acids is 1. The molecule has 0 saturated carbocycles. The van der Waals surface area contributed by atoms with Crippen LogP contribution >= 0.6 is 0 Å². The van der Waals surface area contributed by atoms with E-state index >= 15 is 0 Å². The number of nitrogens with one attached hydrogen (secondary N) is 1. The molecule has 6 heteroatoms. The Hall–Kier alpha value is -2.37.